The van der Waals surface area contributed by atoms with Crippen LogP contribution in [0.1, 0.15) is 29.6 Å². The number of morpholine rings is 1. The van der Waals surface area contributed by atoms with E-state index in [-0.39, 0.29) is 5.91 Å². The van der Waals surface area contributed by atoms with Gasteiger partial charge in [-0.25, -0.2) is 4.98 Å². The fraction of sp³-hybridized carbons (Fsp3) is 0.667. The van der Waals surface area contributed by atoms with E-state index < -0.39 is 0 Å². The second kappa shape index (κ2) is 6.69. The summed E-state index contributed by atoms with van der Waals surface area (Å²) >= 11 is 0. The Hall–Kier alpha value is -1.66. The largest absolute Gasteiger partial charge is 0.378 e. The van der Waals surface area contributed by atoms with Gasteiger partial charge in [0.15, 0.2) is 0 Å². The average molecular weight is 330 g/mol. The molecule has 3 saturated heterocycles. The number of ether oxygens (including phenoxy) is 1. The van der Waals surface area contributed by atoms with Gasteiger partial charge in [-0.1, -0.05) is 0 Å². The zero-order valence-corrected chi connectivity index (χ0v) is 14.2. The molecule has 4 rings (SSSR count). The standard InChI is InChI=1S/C18H26N4O2/c23-17(21-9-11-24-12-10-21)15-1-5-20-16(13-15)22-8-4-18(14-22)2-6-19-7-3-18/h1,5,13,19H,2-4,6-12,14H2. The lowest BCUT2D eigenvalue weighted by atomic mass is 9.78. The van der Waals surface area contributed by atoms with Crippen LogP contribution in [0.2, 0.25) is 0 Å². The molecule has 3 fully saturated rings. The predicted molar refractivity (Wildman–Crippen MR) is 92.3 cm³/mol. The number of hydrogen-bond donors (Lipinski definition) is 1. The number of amides is 1. The molecule has 0 aromatic carbocycles. The van der Waals surface area contributed by atoms with Crippen LogP contribution in [0.4, 0.5) is 5.82 Å². The van der Waals surface area contributed by atoms with Gasteiger partial charge in [0.25, 0.3) is 5.91 Å². The van der Waals surface area contributed by atoms with E-state index in [2.05, 4.69) is 15.2 Å². The molecular weight excluding hydrogens is 304 g/mol. The molecule has 1 spiro atoms. The van der Waals surface area contributed by atoms with Gasteiger partial charge in [-0.05, 0) is 49.9 Å². The van der Waals surface area contributed by atoms with Gasteiger partial charge in [0.2, 0.25) is 0 Å². The highest BCUT2D eigenvalue weighted by Crippen LogP contribution is 2.39. The van der Waals surface area contributed by atoms with Gasteiger partial charge in [-0.2, -0.15) is 0 Å². The molecule has 3 aliphatic rings. The average Bonchev–Trinajstić information content (AvgIpc) is 3.06. The minimum atomic E-state index is 0.0951. The molecule has 0 atom stereocenters. The SMILES string of the molecule is O=C(c1ccnc(N2CCC3(CCNCC3)C2)c1)N1CCOCC1. The van der Waals surface area contributed by atoms with Crippen molar-refractivity contribution in [2.75, 3.05) is 57.4 Å². The van der Waals surface area contributed by atoms with Crippen molar-refractivity contribution in [3.05, 3.63) is 23.9 Å². The van der Waals surface area contributed by atoms with Crippen molar-refractivity contribution < 1.29 is 9.53 Å². The molecule has 0 radical (unpaired) electrons. The van der Waals surface area contributed by atoms with Gasteiger partial charge in [0.1, 0.15) is 5.82 Å². The van der Waals surface area contributed by atoms with Crippen LogP contribution in [0, 0.1) is 5.41 Å². The summed E-state index contributed by atoms with van der Waals surface area (Å²) in [6.07, 6.45) is 5.50. The summed E-state index contributed by atoms with van der Waals surface area (Å²) in [6.45, 7) is 6.97. The summed E-state index contributed by atoms with van der Waals surface area (Å²) in [6, 6.07) is 3.80. The molecule has 24 heavy (non-hydrogen) atoms. The number of anilines is 1. The van der Waals surface area contributed by atoms with Crippen molar-refractivity contribution in [2.45, 2.75) is 19.3 Å². The van der Waals surface area contributed by atoms with Crippen LogP contribution in [-0.4, -0.2) is 68.3 Å². The van der Waals surface area contributed by atoms with Crippen LogP contribution in [-0.2, 0) is 4.74 Å². The quantitative estimate of drug-likeness (QED) is 0.881. The first-order chi connectivity index (χ1) is 11.8. The third kappa shape index (κ3) is 3.13. The topological polar surface area (TPSA) is 57.7 Å². The van der Waals surface area contributed by atoms with Crippen molar-refractivity contribution >= 4 is 11.7 Å². The summed E-state index contributed by atoms with van der Waals surface area (Å²) < 4.78 is 5.33. The van der Waals surface area contributed by atoms with Crippen LogP contribution in [0.5, 0.6) is 0 Å². The second-order valence-corrected chi connectivity index (χ2v) is 7.23. The van der Waals surface area contributed by atoms with Crippen molar-refractivity contribution in [3.8, 4) is 0 Å². The fourth-order valence-corrected chi connectivity index (χ4v) is 4.17. The van der Waals surface area contributed by atoms with Crippen LogP contribution in [0.25, 0.3) is 0 Å². The Morgan fingerprint density at radius 2 is 1.96 bits per heavy atom. The highest BCUT2D eigenvalue weighted by Gasteiger charge is 2.39. The van der Waals surface area contributed by atoms with E-state index in [1.807, 2.05) is 17.0 Å². The minimum absolute atomic E-state index is 0.0951. The molecule has 6 nitrogen and oxygen atoms in total. The number of carbonyl (C=O) groups is 1. The van der Waals surface area contributed by atoms with E-state index in [0.29, 0.717) is 31.7 Å². The normalized spacial score (nSPS) is 23.7. The second-order valence-electron chi connectivity index (χ2n) is 7.23. The third-order valence-corrected chi connectivity index (χ3v) is 5.72. The van der Waals surface area contributed by atoms with Crippen molar-refractivity contribution in [1.29, 1.82) is 0 Å². The molecule has 1 N–H and O–H groups in total. The maximum atomic E-state index is 12.7. The first kappa shape index (κ1) is 15.8. The van der Waals surface area contributed by atoms with Crippen LogP contribution in [0.15, 0.2) is 18.3 Å². The Kier molecular flexibility index (Phi) is 4.41. The molecule has 0 aliphatic carbocycles. The van der Waals surface area contributed by atoms with Crippen LogP contribution in [0.3, 0.4) is 0 Å². The van der Waals surface area contributed by atoms with E-state index in [1.165, 1.54) is 19.3 Å². The number of nitrogens with zero attached hydrogens (tertiary/aromatic N) is 3. The minimum Gasteiger partial charge on any atom is -0.378 e. The molecule has 1 amide bonds. The van der Waals surface area contributed by atoms with Gasteiger partial charge in [-0.3, -0.25) is 4.79 Å². The molecule has 0 unspecified atom stereocenters. The summed E-state index contributed by atoms with van der Waals surface area (Å²) in [7, 11) is 0. The van der Waals surface area contributed by atoms with Gasteiger partial charge in [0, 0.05) is 37.9 Å². The monoisotopic (exact) mass is 330 g/mol. The van der Waals surface area contributed by atoms with Crippen LogP contribution >= 0.6 is 0 Å². The maximum absolute atomic E-state index is 12.7. The molecule has 3 aliphatic heterocycles. The van der Waals surface area contributed by atoms with E-state index in [1.54, 1.807) is 6.20 Å². The summed E-state index contributed by atoms with van der Waals surface area (Å²) in [4.78, 5) is 21.5. The van der Waals surface area contributed by atoms with Crippen LogP contribution < -0.4 is 10.2 Å². The number of carbonyl (C=O) groups excluding carboxylic acids is 1. The Labute approximate surface area is 143 Å². The number of aromatic nitrogens is 1. The van der Waals surface area contributed by atoms with Gasteiger partial charge in [0.05, 0.1) is 13.2 Å². The Bertz CT molecular complexity index is 594. The lowest BCUT2D eigenvalue weighted by Gasteiger charge is -2.33. The third-order valence-electron chi connectivity index (χ3n) is 5.72. The van der Waals surface area contributed by atoms with Gasteiger partial charge in [-0.15, -0.1) is 0 Å². The molecule has 1 aromatic heterocycles. The fourth-order valence-electron chi connectivity index (χ4n) is 4.17. The van der Waals surface area contributed by atoms with E-state index in [9.17, 15) is 4.79 Å². The molecule has 4 heterocycles. The predicted octanol–water partition coefficient (Wildman–Crippen LogP) is 1.13. The van der Waals surface area contributed by atoms with Gasteiger partial charge < -0.3 is 19.9 Å². The number of rotatable bonds is 2. The van der Waals surface area contributed by atoms with E-state index in [0.717, 1.165) is 37.6 Å². The molecule has 130 valence electrons. The summed E-state index contributed by atoms with van der Waals surface area (Å²) in [5.74, 6) is 1.04. The number of pyridine rings is 1. The maximum Gasteiger partial charge on any atom is 0.254 e. The summed E-state index contributed by atoms with van der Waals surface area (Å²) in [5, 5.41) is 3.46. The van der Waals surface area contributed by atoms with E-state index >= 15 is 0 Å². The van der Waals surface area contributed by atoms with Gasteiger partial charge >= 0.3 is 0 Å². The highest BCUT2D eigenvalue weighted by molar-refractivity contribution is 5.95. The highest BCUT2D eigenvalue weighted by atomic mass is 16.5. The molecule has 0 saturated carbocycles. The first-order valence-electron chi connectivity index (χ1n) is 9.05. The number of nitrogens with one attached hydrogen (secondary N) is 1. The Morgan fingerprint density at radius 3 is 2.75 bits per heavy atom. The smallest absolute Gasteiger partial charge is 0.254 e. The zero-order valence-electron chi connectivity index (χ0n) is 14.2. The Balaban J connectivity index is 1.47. The van der Waals surface area contributed by atoms with E-state index in [4.69, 9.17) is 4.74 Å². The number of piperidine rings is 1. The lowest BCUT2D eigenvalue weighted by molar-refractivity contribution is 0.0303. The van der Waals surface area contributed by atoms with Crippen molar-refractivity contribution in [2.24, 2.45) is 5.41 Å². The Morgan fingerprint density at radius 1 is 1.17 bits per heavy atom. The van der Waals surface area contributed by atoms with Crippen molar-refractivity contribution in [3.63, 3.8) is 0 Å². The molecular formula is C18H26N4O2. The molecule has 1 aromatic rings. The first-order valence-corrected chi connectivity index (χ1v) is 9.05. The molecule has 0 bridgehead atoms. The molecule has 6 heteroatoms. The number of hydrogen-bond acceptors (Lipinski definition) is 5. The zero-order chi connectivity index (χ0) is 16.4. The lowest BCUT2D eigenvalue weighted by Crippen LogP contribution is -2.40. The van der Waals surface area contributed by atoms with Crippen molar-refractivity contribution in [1.82, 2.24) is 15.2 Å². The summed E-state index contributed by atoms with van der Waals surface area (Å²) in [5.41, 5.74) is 1.19.